The molecule has 0 amide bonds. The summed E-state index contributed by atoms with van der Waals surface area (Å²) >= 11 is 0. The Morgan fingerprint density at radius 3 is 2.70 bits per heavy atom. The van der Waals surface area contributed by atoms with Gasteiger partial charge in [-0.1, -0.05) is 42.5 Å². The number of nitro benzene ring substituents is 1. The lowest BCUT2D eigenvalue weighted by Gasteiger charge is -2.30. The van der Waals surface area contributed by atoms with Gasteiger partial charge in [-0.15, -0.1) is 0 Å². The first-order valence-electron chi connectivity index (χ1n) is 6.76. The van der Waals surface area contributed by atoms with Crippen molar-refractivity contribution >= 4 is 5.69 Å². The average molecular weight is 268 g/mol. The average Bonchev–Trinajstić information content (AvgIpc) is 2.44. The van der Waals surface area contributed by atoms with Gasteiger partial charge in [-0.3, -0.25) is 10.1 Å². The zero-order valence-electron chi connectivity index (χ0n) is 11.1. The molecule has 0 heterocycles. The summed E-state index contributed by atoms with van der Waals surface area (Å²) in [4.78, 5) is 10.6. The Morgan fingerprint density at radius 2 is 1.90 bits per heavy atom. The summed E-state index contributed by atoms with van der Waals surface area (Å²) in [5.74, 6) is 0.536. The Bertz CT molecular complexity index is 640. The van der Waals surface area contributed by atoms with E-state index in [-0.39, 0.29) is 10.6 Å². The minimum atomic E-state index is -0.324. The lowest BCUT2D eigenvalue weighted by atomic mass is 9.77. The van der Waals surface area contributed by atoms with Crippen molar-refractivity contribution in [2.45, 2.75) is 18.9 Å². The SMILES string of the molecule is O=[N+]([O-])c1ccccc1CNCC1Cc2ccccc21. The van der Waals surface area contributed by atoms with Crippen LogP contribution in [0.5, 0.6) is 0 Å². The van der Waals surface area contributed by atoms with Crippen molar-refractivity contribution in [1.82, 2.24) is 5.32 Å². The third-order valence-corrected chi connectivity index (χ3v) is 3.86. The van der Waals surface area contributed by atoms with Gasteiger partial charge in [0.1, 0.15) is 0 Å². The van der Waals surface area contributed by atoms with E-state index in [0.717, 1.165) is 18.5 Å². The quantitative estimate of drug-likeness (QED) is 0.670. The van der Waals surface area contributed by atoms with Crippen LogP contribution < -0.4 is 5.32 Å². The Kier molecular flexibility index (Phi) is 3.48. The topological polar surface area (TPSA) is 55.2 Å². The summed E-state index contributed by atoms with van der Waals surface area (Å²) in [6.07, 6.45) is 1.10. The second-order valence-corrected chi connectivity index (χ2v) is 5.12. The molecule has 0 radical (unpaired) electrons. The van der Waals surface area contributed by atoms with Crippen molar-refractivity contribution in [2.24, 2.45) is 0 Å². The van der Waals surface area contributed by atoms with Crippen LogP contribution in [0.1, 0.15) is 22.6 Å². The predicted octanol–water partition coefficient (Wildman–Crippen LogP) is 3.02. The summed E-state index contributed by atoms with van der Waals surface area (Å²) in [6.45, 7) is 1.40. The Labute approximate surface area is 117 Å². The zero-order chi connectivity index (χ0) is 13.9. The molecule has 1 aliphatic carbocycles. The molecule has 0 fully saturated rings. The molecule has 1 aliphatic rings. The lowest BCUT2D eigenvalue weighted by Crippen LogP contribution is -2.28. The predicted molar refractivity (Wildman–Crippen MR) is 77.7 cm³/mol. The molecule has 0 bridgehead atoms. The van der Waals surface area contributed by atoms with Crippen LogP contribution in [-0.4, -0.2) is 11.5 Å². The van der Waals surface area contributed by atoms with Crippen LogP contribution in [0.25, 0.3) is 0 Å². The maximum absolute atomic E-state index is 10.9. The molecule has 4 nitrogen and oxygen atoms in total. The van der Waals surface area contributed by atoms with Crippen molar-refractivity contribution in [3.05, 3.63) is 75.3 Å². The normalized spacial score (nSPS) is 16.3. The van der Waals surface area contributed by atoms with Crippen molar-refractivity contribution < 1.29 is 4.92 Å². The minimum absolute atomic E-state index is 0.189. The third kappa shape index (κ3) is 2.42. The van der Waals surface area contributed by atoms with E-state index in [2.05, 4.69) is 29.6 Å². The van der Waals surface area contributed by atoms with Gasteiger partial charge in [-0.05, 0) is 17.5 Å². The summed E-state index contributed by atoms with van der Waals surface area (Å²) in [6, 6.07) is 15.3. The molecule has 1 unspecified atom stereocenters. The summed E-state index contributed by atoms with van der Waals surface area (Å²) in [7, 11) is 0. The molecule has 1 atom stereocenters. The fraction of sp³-hybridized carbons (Fsp3) is 0.250. The number of nitrogens with zero attached hydrogens (tertiary/aromatic N) is 1. The molecular weight excluding hydrogens is 252 g/mol. The first-order valence-corrected chi connectivity index (χ1v) is 6.76. The molecule has 2 aromatic rings. The van der Waals surface area contributed by atoms with Gasteiger partial charge in [0.05, 0.1) is 4.92 Å². The molecule has 102 valence electrons. The Balaban J connectivity index is 1.58. The van der Waals surface area contributed by atoms with Gasteiger partial charge in [-0.25, -0.2) is 0 Å². The van der Waals surface area contributed by atoms with Crippen LogP contribution >= 0.6 is 0 Å². The first-order chi connectivity index (χ1) is 9.75. The van der Waals surface area contributed by atoms with E-state index in [1.807, 2.05) is 6.07 Å². The van der Waals surface area contributed by atoms with Crippen molar-refractivity contribution in [3.63, 3.8) is 0 Å². The number of nitrogens with one attached hydrogen (secondary N) is 1. The highest BCUT2D eigenvalue weighted by Crippen LogP contribution is 2.34. The van der Waals surface area contributed by atoms with Gasteiger partial charge in [0.15, 0.2) is 0 Å². The minimum Gasteiger partial charge on any atom is -0.312 e. The zero-order valence-corrected chi connectivity index (χ0v) is 11.1. The van der Waals surface area contributed by atoms with Gasteiger partial charge in [0.2, 0.25) is 0 Å². The number of para-hydroxylation sites is 1. The lowest BCUT2D eigenvalue weighted by molar-refractivity contribution is -0.385. The van der Waals surface area contributed by atoms with E-state index in [1.165, 1.54) is 11.1 Å². The summed E-state index contributed by atoms with van der Waals surface area (Å²) < 4.78 is 0. The molecule has 0 saturated carbocycles. The highest BCUT2D eigenvalue weighted by molar-refractivity contribution is 5.41. The van der Waals surface area contributed by atoms with Gasteiger partial charge in [-0.2, -0.15) is 0 Å². The molecular formula is C16H16N2O2. The van der Waals surface area contributed by atoms with Crippen molar-refractivity contribution in [1.29, 1.82) is 0 Å². The van der Waals surface area contributed by atoms with E-state index >= 15 is 0 Å². The van der Waals surface area contributed by atoms with Crippen LogP contribution in [0.3, 0.4) is 0 Å². The largest absolute Gasteiger partial charge is 0.312 e. The molecule has 0 saturated heterocycles. The Hall–Kier alpha value is -2.20. The number of hydrogen-bond acceptors (Lipinski definition) is 3. The number of fused-ring (bicyclic) bond motifs is 1. The standard InChI is InChI=1S/C16H16N2O2/c19-18(20)16-8-4-2-6-13(16)10-17-11-14-9-12-5-1-3-7-15(12)14/h1-8,14,17H,9-11H2. The van der Waals surface area contributed by atoms with E-state index < -0.39 is 0 Å². The van der Waals surface area contributed by atoms with Gasteiger partial charge in [0, 0.05) is 30.6 Å². The maximum atomic E-state index is 10.9. The molecule has 20 heavy (non-hydrogen) atoms. The van der Waals surface area contributed by atoms with Crippen molar-refractivity contribution in [3.8, 4) is 0 Å². The Morgan fingerprint density at radius 1 is 1.15 bits per heavy atom. The third-order valence-electron chi connectivity index (χ3n) is 3.86. The highest BCUT2D eigenvalue weighted by Gasteiger charge is 2.24. The summed E-state index contributed by atoms with van der Waals surface area (Å²) in [5, 5.41) is 14.3. The van der Waals surface area contributed by atoms with Crippen LogP contribution in [0.4, 0.5) is 5.69 Å². The number of hydrogen-bond donors (Lipinski definition) is 1. The van der Waals surface area contributed by atoms with Crippen LogP contribution in [0.15, 0.2) is 48.5 Å². The molecule has 0 aliphatic heterocycles. The van der Waals surface area contributed by atoms with E-state index in [0.29, 0.717) is 12.5 Å². The van der Waals surface area contributed by atoms with E-state index in [9.17, 15) is 10.1 Å². The summed E-state index contributed by atoms with van der Waals surface area (Å²) in [5.41, 5.74) is 3.76. The van der Waals surface area contributed by atoms with Crippen LogP contribution in [-0.2, 0) is 13.0 Å². The number of rotatable bonds is 5. The molecule has 3 rings (SSSR count). The molecule has 1 N–H and O–H groups in total. The molecule has 2 aromatic carbocycles. The second-order valence-electron chi connectivity index (χ2n) is 5.12. The number of nitro groups is 1. The van der Waals surface area contributed by atoms with Crippen molar-refractivity contribution in [2.75, 3.05) is 6.54 Å². The molecule has 0 spiro atoms. The molecule has 4 heteroatoms. The monoisotopic (exact) mass is 268 g/mol. The molecule has 0 aromatic heterocycles. The van der Waals surface area contributed by atoms with Crippen LogP contribution in [0.2, 0.25) is 0 Å². The highest BCUT2D eigenvalue weighted by atomic mass is 16.6. The van der Waals surface area contributed by atoms with Gasteiger partial charge in [0.25, 0.3) is 5.69 Å². The van der Waals surface area contributed by atoms with Gasteiger partial charge < -0.3 is 5.32 Å². The van der Waals surface area contributed by atoms with E-state index in [4.69, 9.17) is 0 Å². The van der Waals surface area contributed by atoms with Gasteiger partial charge >= 0.3 is 0 Å². The smallest absolute Gasteiger partial charge is 0.273 e. The second kappa shape index (κ2) is 5.43. The maximum Gasteiger partial charge on any atom is 0.273 e. The first kappa shape index (κ1) is 12.8. The fourth-order valence-electron chi connectivity index (χ4n) is 2.76. The van der Waals surface area contributed by atoms with E-state index in [1.54, 1.807) is 18.2 Å². The fourth-order valence-corrected chi connectivity index (χ4v) is 2.76. The van der Waals surface area contributed by atoms with Crippen LogP contribution in [0, 0.1) is 10.1 Å². The number of benzene rings is 2.